The Kier molecular flexibility index (Phi) is 5.77. The average Bonchev–Trinajstić information content (AvgIpc) is 3.45. The van der Waals surface area contributed by atoms with Crippen LogP contribution in [0.5, 0.6) is 0 Å². The summed E-state index contributed by atoms with van der Waals surface area (Å²) in [5.41, 5.74) is 1.24. The minimum atomic E-state index is 0.225. The van der Waals surface area contributed by atoms with Gasteiger partial charge in [-0.3, -0.25) is 9.59 Å². The zero-order valence-electron chi connectivity index (χ0n) is 15.5. The Hall–Kier alpha value is -1.84. The van der Waals surface area contributed by atoms with E-state index >= 15 is 0 Å². The van der Waals surface area contributed by atoms with Crippen LogP contribution in [0.2, 0.25) is 0 Å². The van der Waals surface area contributed by atoms with Crippen LogP contribution in [-0.2, 0) is 9.59 Å². The van der Waals surface area contributed by atoms with Crippen molar-refractivity contribution in [3.05, 3.63) is 35.9 Å². The lowest BCUT2D eigenvalue weighted by atomic mass is 9.85. The number of carbonyl (C=O) groups excluding carboxylic acids is 2. The van der Waals surface area contributed by atoms with Crippen molar-refractivity contribution in [2.75, 3.05) is 26.2 Å². The number of hydrogen-bond acceptors (Lipinski definition) is 2. The minimum Gasteiger partial charge on any atom is -0.341 e. The van der Waals surface area contributed by atoms with Gasteiger partial charge in [0.15, 0.2) is 0 Å². The van der Waals surface area contributed by atoms with Gasteiger partial charge in [-0.05, 0) is 36.7 Å². The highest BCUT2D eigenvalue weighted by atomic mass is 16.2. The summed E-state index contributed by atoms with van der Waals surface area (Å²) in [6.45, 7) is 7.31. The molecule has 25 heavy (non-hydrogen) atoms. The van der Waals surface area contributed by atoms with E-state index in [2.05, 4.69) is 26.0 Å². The number of nitrogens with zero attached hydrogens (tertiary/aromatic N) is 2. The van der Waals surface area contributed by atoms with Gasteiger partial charge in [0.05, 0.1) is 0 Å². The van der Waals surface area contributed by atoms with E-state index in [0.717, 1.165) is 32.4 Å². The molecule has 0 aromatic heterocycles. The molecule has 1 saturated carbocycles. The normalized spacial score (nSPS) is 19.6. The van der Waals surface area contributed by atoms with Gasteiger partial charge in [-0.15, -0.1) is 0 Å². The van der Waals surface area contributed by atoms with Gasteiger partial charge in [0.1, 0.15) is 0 Å². The number of benzene rings is 1. The van der Waals surface area contributed by atoms with Crippen molar-refractivity contribution in [2.45, 2.75) is 45.4 Å². The van der Waals surface area contributed by atoms with Gasteiger partial charge in [0.2, 0.25) is 11.8 Å². The fraction of sp³-hybridized carbons (Fsp3) is 0.619. The van der Waals surface area contributed by atoms with E-state index in [1.807, 2.05) is 28.0 Å². The van der Waals surface area contributed by atoms with Gasteiger partial charge < -0.3 is 9.80 Å². The van der Waals surface area contributed by atoms with E-state index in [-0.39, 0.29) is 17.7 Å². The summed E-state index contributed by atoms with van der Waals surface area (Å²) in [5, 5.41) is 0. The van der Waals surface area contributed by atoms with Crippen molar-refractivity contribution in [1.29, 1.82) is 0 Å². The molecule has 0 bridgehead atoms. The molecule has 1 aliphatic carbocycles. The Balaban J connectivity index is 1.59. The van der Waals surface area contributed by atoms with Gasteiger partial charge in [0, 0.05) is 38.5 Å². The first-order valence-electron chi connectivity index (χ1n) is 9.67. The highest BCUT2D eigenvalue weighted by molar-refractivity contribution is 5.81. The fourth-order valence-electron chi connectivity index (χ4n) is 3.73. The van der Waals surface area contributed by atoms with E-state index < -0.39 is 0 Å². The predicted molar refractivity (Wildman–Crippen MR) is 99.1 cm³/mol. The van der Waals surface area contributed by atoms with E-state index in [4.69, 9.17) is 0 Å². The standard InChI is InChI=1S/C21H30N2O2/c1-16(2)19(17-7-4-3-5-8-17)15-20(24)22-11-6-12-23(14-13-22)21(25)18-9-10-18/h3-5,7-8,16,18-19H,6,9-15H2,1-2H3. The van der Waals surface area contributed by atoms with Crippen molar-refractivity contribution in [1.82, 2.24) is 9.80 Å². The Labute approximate surface area is 151 Å². The Morgan fingerprint density at radius 3 is 2.28 bits per heavy atom. The Bertz CT molecular complexity index is 595. The zero-order valence-corrected chi connectivity index (χ0v) is 15.5. The molecule has 1 atom stereocenters. The topological polar surface area (TPSA) is 40.6 Å². The lowest BCUT2D eigenvalue weighted by Gasteiger charge is -2.26. The van der Waals surface area contributed by atoms with Crippen molar-refractivity contribution in [2.24, 2.45) is 11.8 Å². The highest BCUT2D eigenvalue weighted by Crippen LogP contribution is 2.32. The first-order chi connectivity index (χ1) is 12.1. The minimum absolute atomic E-state index is 0.225. The third-order valence-corrected chi connectivity index (χ3v) is 5.51. The predicted octanol–water partition coefficient (Wildman–Crippen LogP) is 3.29. The SMILES string of the molecule is CC(C)C(CC(=O)N1CCCN(C(=O)C2CC2)CC1)c1ccccc1. The summed E-state index contributed by atoms with van der Waals surface area (Å²) in [6.07, 6.45) is 3.54. The molecule has 1 saturated heterocycles. The van der Waals surface area contributed by atoms with Crippen molar-refractivity contribution in [3.8, 4) is 0 Å². The van der Waals surface area contributed by atoms with Gasteiger partial charge in [-0.1, -0.05) is 44.2 Å². The van der Waals surface area contributed by atoms with Crippen LogP contribution < -0.4 is 0 Å². The van der Waals surface area contributed by atoms with E-state index in [1.165, 1.54) is 5.56 Å². The van der Waals surface area contributed by atoms with Crippen molar-refractivity contribution in [3.63, 3.8) is 0 Å². The summed E-state index contributed by atoms with van der Waals surface area (Å²) in [5.74, 6) is 1.47. The molecule has 1 unspecified atom stereocenters. The molecule has 2 fully saturated rings. The van der Waals surface area contributed by atoms with E-state index in [9.17, 15) is 9.59 Å². The molecule has 0 radical (unpaired) electrons. The molecule has 1 aromatic rings. The number of amides is 2. The summed E-state index contributed by atoms with van der Waals surface area (Å²) < 4.78 is 0. The second-order valence-corrected chi connectivity index (χ2v) is 7.80. The molecule has 4 heteroatoms. The van der Waals surface area contributed by atoms with Crippen LogP contribution >= 0.6 is 0 Å². The maximum atomic E-state index is 12.9. The number of rotatable bonds is 5. The third-order valence-electron chi connectivity index (χ3n) is 5.51. The second kappa shape index (κ2) is 8.03. The monoisotopic (exact) mass is 342 g/mol. The quantitative estimate of drug-likeness (QED) is 0.824. The van der Waals surface area contributed by atoms with Crippen LogP contribution in [0.4, 0.5) is 0 Å². The van der Waals surface area contributed by atoms with Crippen molar-refractivity contribution < 1.29 is 9.59 Å². The summed E-state index contributed by atoms with van der Waals surface area (Å²) in [4.78, 5) is 29.1. The lowest BCUT2D eigenvalue weighted by molar-refractivity contribution is -0.134. The molecule has 0 N–H and O–H groups in total. The number of hydrogen-bond donors (Lipinski definition) is 0. The molecule has 1 aliphatic heterocycles. The lowest BCUT2D eigenvalue weighted by Crippen LogP contribution is -2.38. The Morgan fingerprint density at radius 2 is 1.64 bits per heavy atom. The van der Waals surface area contributed by atoms with E-state index in [0.29, 0.717) is 31.3 Å². The zero-order chi connectivity index (χ0) is 17.8. The molecular formula is C21H30N2O2. The van der Waals surface area contributed by atoms with Gasteiger partial charge in [-0.2, -0.15) is 0 Å². The largest absolute Gasteiger partial charge is 0.341 e. The smallest absolute Gasteiger partial charge is 0.225 e. The average molecular weight is 342 g/mol. The third kappa shape index (κ3) is 4.62. The highest BCUT2D eigenvalue weighted by Gasteiger charge is 2.34. The molecule has 2 amide bonds. The molecule has 3 rings (SSSR count). The van der Waals surface area contributed by atoms with Crippen LogP contribution in [0.15, 0.2) is 30.3 Å². The van der Waals surface area contributed by atoms with Gasteiger partial charge in [0.25, 0.3) is 0 Å². The summed E-state index contributed by atoms with van der Waals surface area (Å²) >= 11 is 0. The van der Waals surface area contributed by atoms with Crippen LogP contribution in [0, 0.1) is 11.8 Å². The second-order valence-electron chi connectivity index (χ2n) is 7.80. The molecule has 2 aliphatic rings. The maximum Gasteiger partial charge on any atom is 0.225 e. The van der Waals surface area contributed by atoms with Crippen LogP contribution in [0.1, 0.15) is 51.0 Å². The first-order valence-corrected chi connectivity index (χ1v) is 9.67. The molecule has 136 valence electrons. The molecule has 4 nitrogen and oxygen atoms in total. The van der Waals surface area contributed by atoms with Gasteiger partial charge in [-0.25, -0.2) is 0 Å². The van der Waals surface area contributed by atoms with Crippen LogP contribution in [-0.4, -0.2) is 47.8 Å². The summed E-state index contributed by atoms with van der Waals surface area (Å²) in [7, 11) is 0. The summed E-state index contributed by atoms with van der Waals surface area (Å²) in [6, 6.07) is 10.3. The molecule has 1 heterocycles. The van der Waals surface area contributed by atoms with Gasteiger partial charge >= 0.3 is 0 Å². The molecule has 1 aromatic carbocycles. The molecular weight excluding hydrogens is 312 g/mol. The van der Waals surface area contributed by atoms with E-state index in [1.54, 1.807) is 0 Å². The molecule has 0 spiro atoms. The maximum absolute atomic E-state index is 12.9. The van der Waals surface area contributed by atoms with Crippen LogP contribution in [0.25, 0.3) is 0 Å². The fourth-order valence-corrected chi connectivity index (χ4v) is 3.73. The van der Waals surface area contributed by atoms with Crippen LogP contribution in [0.3, 0.4) is 0 Å². The number of carbonyl (C=O) groups is 2. The van der Waals surface area contributed by atoms with Crippen molar-refractivity contribution >= 4 is 11.8 Å². The first kappa shape index (κ1) is 18.0. The Morgan fingerprint density at radius 1 is 1.00 bits per heavy atom.